The number of carbonyl (C=O) groups excluding carboxylic acids is 1. The van der Waals surface area contributed by atoms with Crippen molar-refractivity contribution in [2.45, 2.75) is 0 Å². The zero-order chi connectivity index (χ0) is 17.2. The molecule has 1 aromatic heterocycles. The molecule has 7 nitrogen and oxygen atoms in total. The molecular formula is C17H15N3O4S. The lowest BCUT2D eigenvalue weighted by Crippen LogP contribution is -2.29. The number of benzene rings is 2. The number of aromatic nitrogens is 1. The van der Waals surface area contributed by atoms with Crippen molar-refractivity contribution >= 4 is 32.6 Å². The van der Waals surface area contributed by atoms with Crippen molar-refractivity contribution in [3.63, 3.8) is 0 Å². The molecule has 128 valence electrons. The molecule has 0 aliphatic carbocycles. The largest absolute Gasteiger partial charge is 0.497 e. The zero-order valence-corrected chi connectivity index (χ0v) is 14.2. The van der Waals surface area contributed by atoms with E-state index in [1.54, 1.807) is 31.4 Å². The van der Waals surface area contributed by atoms with Crippen LogP contribution in [0.2, 0.25) is 0 Å². The van der Waals surface area contributed by atoms with Crippen LogP contribution in [0, 0.1) is 0 Å². The Bertz CT molecular complexity index is 898. The highest BCUT2D eigenvalue weighted by Gasteiger charge is 2.15. The summed E-state index contributed by atoms with van der Waals surface area (Å²) in [6.07, 6.45) is 0. The predicted molar refractivity (Wildman–Crippen MR) is 94.7 cm³/mol. The molecule has 0 radical (unpaired) electrons. The van der Waals surface area contributed by atoms with Crippen molar-refractivity contribution in [2.24, 2.45) is 0 Å². The summed E-state index contributed by atoms with van der Waals surface area (Å²) < 4.78 is 17.2. The van der Waals surface area contributed by atoms with Crippen LogP contribution >= 0.6 is 11.3 Å². The van der Waals surface area contributed by atoms with Crippen LogP contribution in [0.15, 0.2) is 36.4 Å². The Morgan fingerprint density at radius 3 is 2.80 bits per heavy atom. The van der Waals surface area contributed by atoms with E-state index in [-0.39, 0.29) is 5.91 Å². The Morgan fingerprint density at radius 2 is 2.00 bits per heavy atom. The minimum Gasteiger partial charge on any atom is -0.497 e. The molecule has 0 saturated carbocycles. The lowest BCUT2D eigenvalue weighted by molar-refractivity contribution is 0.0962. The smallest absolute Gasteiger partial charge is 0.269 e. The number of thiazole rings is 1. The summed E-state index contributed by atoms with van der Waals surface area (Å²) in [5, 5.41) is 0.577. The van der Waals surface area contributed by atoms with E-state index in [1.807, 2.05) is 12.1 Å². The number of amides is 1. The lowest BCUT2D eigenvalue weighted by Gasteiger charge is -2.17. The number of ether oxygens (including phenoxy) is 3. The highest BCUT2D eigenvalue weighted by atomic mass is 32.1. The van der Waals surface area contributed by atoms with Gasteiger partial charge in [-0.05, 0) is 18.2 Å². The van der Waals surface area contributed by atoms with Gasteiger partial charge in [-0.15, -0.1) is 0 Å². The maximum absolute atomic E-state index is 12.2. The molecule has 1 aliphatic rings. The molecule has 2 N–H and O–H groups in total. The second kappa shape index (κ2) is 6.48. The second-order valence-electron chi connectivity index (χ2n) is 5.29. The summed E-state index contributed by atoms with van der Waals surface area (Å²) in [4.78, 5) is 16.7. The van der Waals surface area contributed by atoms with Crippen molar-refractivity contribution < 1.29 is 19.0 Å². The molecule has 4 rings (SSSR count). The number of hydrogen-bond acceptors (Lipinski definition) is 7. The Morgan fingerprint density at radius 1 is 1.20 bits per heavy atom. The molecule has 1 amide bonds. The van der Waals surface area contributed by atoms with Crippen LogP contribution < -0.4 is 25.1 Å². The van der Waals surface area contributed by atoms with Gasteiger partial charge in [0.15, 0.2) is 11.5 Å². The van der Waals surface area contributed by atoms with Gasteiger partial charge in [0, 0.05) is 17.7 Å². The summed E-state index contributed by atoms with van der Waals surface area (Å²) >= 11 is 1.42. The molecular weight excluding hydrogens is 342 g/mol. The first kappa shape index (κ1) is 15.5. The molecule has 0 bridgehead atoms. The van der Waals surface area contributed by atoms with Crippen LogP contribution in [-0.2, 0) is 0 Å². The first-order valence-corrected chi connectivity index (χ1v) is 8.45. The average Bonchev–Trinajstić information content (AvgIpc) is 3.05. The van der Waals surface area contributed by atoms with Gasteiger partial charge in [-0.1, -0.05) is 17.4 Å². The Kier molecular flexibility index (Phi) is 4.02. The Balaban J connectivity index is 1.49. The molecule has 0 fully saturated rings. The molecule has 2 heterocycles. The zero-order valence-electron chi connectivity index (χ0n) is 13.4. The van der Waals surface area contributed by atoms with Gasteiger partial charge in [-0.3, -0.25) is 15.6 Å². The van der Waals surface area contributed by atoms with Gasteiger partial charge in [-0.2, -0.15) is 0 Å². The number of anilines is 1. The highest BCUT2D eigenvalue weighted by molar-refractivity contribution is 7.22. The van der Waals surface area contributed by atoms with E-state index in [0.29, 0.717) is 35.4 Å². The van der Waals surface area contributed by atoms with Crippen LogP contribution in [0.1, 0.15) is 10.4 Å². The van der Waals surface area contributed by atoms with Crippen molar-refractivity contribution in [1.29, 1.82) is 0 Å². The number of nitrogens with zero attached hydrogens (tertiary/aromatic N) is 1. The van der Waals surface area contributed by atoms with Gasteiger partial charge >= 0.3 is 0 Å². The third kappa shape index (κ3) is 3.16. The molecule has 3 aromatic rings. The van der Waals surface area contributed by atoms with E-state index in [9.17, 15) is 4.79 Å². The molecule has 1 aliphatic heterocycles. The van der Waals surface area contributed by atoms with Crippen molar-refractivity contribution in [1.82, 2.24) is 10.4 Å². The molecule has 0 atom stereocenters. The van der Waals surface area contributed by atoms with E-state index in [1.165, 1.54) is 11.3 Å². The standard InChI is InChI=1S/C17H15N3O4S/c1-22-11-4-2-3-10(7-11)16(21)19-20-17-18-12-8-13-14(9-15(12)25-17)24-6-5-23-13/h2-4,7-9H,5-6H2,1H3,(H,18,20)(H,19,21). The topological polar surface area (TPSA) is 81.7 Å². The number of hydrogen-bond donors (Lipinski definition) is 2. The lowest BCUT2D eigenvalue weighted by atomic mass is 10.2. The summed E-state index contributed by atoms with van der Waals surface area (Å²) in [5.74, 6) is 1.76. The highest BCUT2D eigenvalue weighted by Crippen LogP contribution is 2.37. The van der Waals surface area contributed by atoms with Crippen molar-refractivity contribution in [3.05, 3.63) is 42.0 Å². The number of carbonyl (C=O) groups is 1. The van der Waals surface area contributed by atoms with Gasteiger partial charge in [-0.25, -0.2) is 4.98 Å². The van der Waals surface area contributed by atoms with E-state index in [0.717, 1.165) is 16.0 Å². The summed E-state index contributed by atoms with van der Waals surface area (Å²) in [6, 6.07) is 10.7. The van der Waals surface area contributed by atoms with Gasteiger partial charge in [0.2, 0.25) is 5.13 Å². The van der Waals surface area contributed by atoms with Gasteiger partial charge in [0.25, 0.3) is 5.91 Å². The average molecular weight is 357 g/mol. The van der Waals surface area contributed by atoms with Crippen LogP contribution in [-0.4, -0.2) is 31.2 Å². The van der Waals surface area contributed by atoms with Crippen LogP contribution in [0.3, 0.4) is 0 Å². The minimum absolute atomic E-state index is 0.274. The third-order valence-corrected chi connectivity index (χ3v) is 4.60. The quantitative estimate of drug-likeness (QED) is 0.699. The fourth-order valence-electron chi connectivity index (χ4n) is 2.47. The minimum atomic E-state index is -0.274. The molecule has 0 saturated heterocycles. The molecule has 8 heteroatoms. The van der Waals surface area contributed by atoms with Crippen molar-refractivity contribution in [2.75, 3.05) is 25.7 Å². The maximum Gasteiger partial charge on any atom is 0.269 e. The molecule has 0 unspecified atom stereocenters. The monoisotopic (exact) mass is 357 g/mol. The molecule has 25 heavy (non-hydrogen) atoms. The van der Waals surface area contributed by atoms with E-state index in [2.05, 4.69) is 15.8 Å². The van der Waals surface area contributed by atoms with Crippen LogP contribution in [0.25, 0.3) is 10.2 Å². The predicted octanol–water partition coefficient (Wildman–Crippen LogP) is 2.83. The first-order chi connectivity index (χ1) is 12.2. The van der Waals surface area contributed by atoms with Gasteiger partial charge in [0.05, 0.1) is 17.3 Å². The SMILES string of the molecule is COc1cccc(C(=O)NNc2nc3cc4c(cc3s2)OCCO4)c1. The second-order valence-corrected chi connectivity index (χ2v) is 6.32. The fourth-order valence-corrected chi connectivity index (χ4v) is 3.29. The Hall–Kier alpha value is -3.00. The third-order valence-electron chi connectivity index (χ3n) is 3.67. The van der Waals surface area contributed by atoms with Gasteiger partial charge in [0.1, 0.15) is 19.0 Å². The van der Waals surface area contributed by atoms with Crippen LogP contribution in [0.5, 0.6) is 17.2 Å². The number of nitrogens with one attached hydrogen (secondary N) is 2. The van der Waals surface area contributed by atoms with Crippen molar-refractivity contribution in [3.8, 4) is 17.2 Å². The number of fused-ring (bicyclic) bond motifs is 2. The van der Waals surface area contributed by atoms with E-state index >= 15 is 0 Å². The summed E-state index contributed by atoms with van der Waals surface area (Å²) in [5.41, 5.74) is 6.76. The number of methoxy groups -OCH3 is 1. The first-order valence-electron chi connectivity index (χ1n) is 7.63. The summed E-state index contributed by atoms with van der Waals surface area (Å²) in [7, 11) is 1.56. The Labute approximate surface area is 147 Å². The molecule has 0 spiro atoms. The number of hydrazine groups is 1. The number of rotatable bonds is 4. The van der Waals surface area contributed by atoms with Crippen LogP contribution in [0.4, 0.5) is 5.13 Å². The maximum atomic E-state index is 12.2. The van der Waals surface area contributed by atoms with Gasteiger partial charge < -0.3 is 14.2 Å². The summed E-state index contributed by atoms with van der Waals surface area (Å²) in [6.45, 7) is 1.07. The fraction of sp³-hybridized carbons (Fsp3) is 0.176. The van der Waals surface area contributed by atoms with E-state index < -0.39 is 0 Å². The normalized spacial score (nSPS) is 12.7. The molecule has 2 aromatic carbocycles. The van der Waals surface area contributed by atoms with E-state index in [4.69, 9.17) is 14.2 Å².